The maximum absolute atomic E-state index is 13.4. The molecule has 0 aliphatic rings. The molecule has 0 bridgehead atoms. The lowest BCUT2D eigenvalue weighted by Gasteiger charge is -2.18. The fraction of sp³-hybridized carbons (Fsp3) is 0.174. The minimum absolute atomic E-state index is 0.116. The van der Waals surface area contributed by atoms with Gasteiger partial charge in [-0.05, 0) is 55.1 Å². The zero-order valence-electron chi connectivity index (χ0n) is 17.0. The number of nitrogens with zero attached hydrogens (tertiary/aromatic N) is 2. The largest absolute Gasteiger partial charge is 0.350 e. The average molecular weight is 470 g/mol. The van der Waals surface area contributed by atoms with Crippen LogP contribution in [0.2, 0.25) is 5.02 Å². The van der Waals surface area contributed by atoms with E-state index in [9.17, 15) is 9.59 Å². The first-order valence-electron chi connectivity index (χ1n) is 9.69. The molecule has 4 rings (SSSR count). The number of carbonyl (C=O) groups excluding carboxylic acids is 1. The number of carbonyl (C=O) groups is 1. The van der Waals surface area contributed by atoms with Gasteiger partial charge in [-0.2, -0.15) is 0 Å². The Labute approximate surface area is 193 Å². The molecule has 2 aromatic carbocycles. The molecule has 1 atom stereocenters. The second-order valence-electron chi connectivity index (χ2n) is 6.99. The van der Waals surface area contributed by atoms with Crippen molar-refractivity contribution in [2.45, 2.75) is 30.8 Å². The Kier molecular flexibility index (Phi) is 6.46. The number of para-hydroxylation sites is 1. The van der Waals surface area contributed by atoms with Gasteiger partial charge in [-0.15, -0.1) is 11.3 Å². The minimum atomic E-state index is -0.446. The van der Waals surface area contributed by atoms with Gasteiger partial charge in [-0.1, -0.05) is 47.6 Å². The topological polar surface area (TPSA) is 64.0 Å². The molecular weight excluding hydrogens is 450 g/mol. The van der Waals surface area contributed by atoms with Crippen molar-refractivity contribution in [2.24, 2.45) is 0 Å². The van der Waals surface area contributed by atoms with E-state index in [1.807, 2.05) is 49.6 Å². The van der Waals surface area contributed by atoms with Crippen molar-refractivity contribution in [1.82, 2.24) is 14.9 Å². The summed E-state index contributed by atoms with van der Waals surface area (Å²) >= 11 is 9.18. The van der Waals surface area contributed by atoms with Crippen molar-refractivity contribution < 1.29 is 4.79 Å². The van der Waals surface area contributed by atoms with Gasteiger partial charge >= 0.3 is 0 Å². The van der Waals surface area contributed by atoms with Gasteiger partial charge in [0.1, 0.15) is 0 Å². The van der Waals surface area contributed by atoms with Crippen LogP contribution in [0.5, 0.6) is 0 Å². The van der Waals surface area contributed by atoms with Crippen LogP contribution in [0.1, 0.15) is 17.4 Å². The number of fused-ring (bicyclic) bond motifs is 1. The number of halogens is 1. The maximum atomic E-state index is 13.4. The lowest BCUT2D eigenvalue weighted by molar-refractivity contribution is -0.120. The average Bonchev–Trinajstić information content (AvgIpc) is 3.28. The first kappa shape index (κ1) is 21.6. The fourth-order valence-corrected chi connectivity index (χ4v) is 4.94. The molecule has 8 heteroatoms. The number of thiophene rings is 1. The van der Waals surface area contributed by atoms with Crippen LogP contribution in [0.25, 0.3) is 16.6 Å². The molecule has 0 saturated heterocycles. The Morgan fingerprint density at radius 2 is 2.00 bits per heavy atom. The van der Waals surface area contributed by atoms with E-state index in [2.05, 4.69) is 5.32 Å². The molecule has 5 nitrogen and oxygen atoms in total. The normalized spacial score (nSPS) is 12.1. The van der Waals surface area contributed by atoms with Crippen molar-refractivity contribution >= 4 is 51.5 Å². The number of thioether (sulfide) groups is 1. The second kappa shape index (κ2) is 9.26. The Morgan fingerprint density at radius 3 is 2.77 bits per heavy atom. The second-order valence-corrected chi connectivity index (χ2v) is 9.74. The van der Waals surface area contributed by atoms with Gasteiger partial charge in [0.25, 0.3) is 5.56 Å². The van der Waals surface area contributed by atoms with E-state index < -0.39 is 5.25 Å². The zero-order chi connectivity index (χ0) is 22.0. The highest BCUT2D eigenvalue weighted by Crippen LogP contribution is 2.28. The lowest BCUT2D eigenvalue weighted by atomic mass is 10.2. The van der Waals surface area contributed by atoms with Gasteiger partial charge in [0, 0.05) is 9.90 Å². The third-order valence-corrected chi connectivity index (χ3v) is 7.23. The molecule has 4 aromatic rings. The summed E-state index contributed by atoms with van der Waals surface area (Å²) in [7, 11) is 0. The first-order chi connectivity index (χ1) is 15.0. The molecule has 0 spiro atoms. The highest BCUT2D eigenvalue weighted by atomic mass is 35.5. The van der Waals surface area contributed by atoms with Crippen LogP contribution in [0.15, 0.2) is 69.9 Å². The molecule has 0 aliphatic heterocycles. The number of hydrogen-bond acceptors (Lipinski definition) is 5. The number of hydrogen-bond donors (Lipinski definition) is 1. The van der Waals surface area contributed by atoms with Crippen LogP contribution in [0.3, 0.4) is 0 Å². The molecular formula is C23H20ClN3O2S2. The molecule has 2 aromatic heterocycles. The fourth-order valence-electron chi connectivity index (χ4n) is 3.18. The molecule has 1 N–H and O–H groups in total. The Morgan fingerprint density at radius 1 is 1.19 bits per heavy atom. The van der Waals surface area contributed by atoms with E-state index in [1.54, 1.807) is 40.2 Å². The van der Waals surface area contributed by atoms with Crippen molar-refractivity contribution in [2.75, 3.05) is 0 Å². The third kappa shape index (κ3) is 4.54. The van der Waals surface area contributed by atoms with E-state index in [4.69, 9.17) is 16.6 Å². The molecule has 2 heterocycles. The molecule has 0 fully saturated rings. The maximum Gasteiger partial charge on any atom is 0.266 e. The van der Waals surface area contributed by atoms with E-state index in [0.29, 0.717) is 33.3 Å². The summed E-state index contributed by atoms with van der Waals surface area (Å²) in [6.45, 7) is 4.16. The van der Waals surface area contributed by atoms with Gasteiger partial charge in [0.2, 0.25) is 5.91 Å². The first-order valence-corrected chi connectivity index (χ1v) is 11.8. The molecule has 31 heavy (non-hydrogen) atoms. The summed E-state index contributed by atoms with van der Waals surface area (Å²) < 4.78 is 1.55. The number of nitrogens with one attached hydrogen (secondary N) is 1. The molecule has 1 unspecified atom stereocenters. The van der Waals surface area contributed by atoms with Crippen molar-refractivity contribution in [1.29, 1.82) is 0 Å². The van der Waals surface area contributed by atoms with Gasteiger partial charge in [-0.3, -0.25) is 14.2 Å². The van der Waals surface area contributed by atoms with E-state index in [1.165, 1.54) is 11.8 Å². The molecule has 158 valence electrons. The summed E-state index contributed by atoms with van der Waals surface area (Å²) in [6, 6.07) is 16.6. The highest BCUT2D eigenvalue weighted by molar-refractivity contribution is 8.00. The van der Waals surface area contributed by atoms with Crippen molar-refractivity contribution in [3.05, 3.63) is 85.8 Å². The Balaban J connectivity index is 1.73. The molecule has 0 aliphatic carbocycles. The smallest absolute Gasteiger partial charge is 0.266 e. The molecule has 0 saturated carbocycles. The van der Waals surface area contributed by atoms with Crippen molar-refractivity contribution in [3.8, 4) is 5.69 Å². The van der Waals surface area contributed by atoms with Gasteiger partial charge in [0.15, 0.2) is 5.16 Å². The van der Waals surface area contributed by atoms with Crippen LogP contribution in [0, 0.1) is 6.92 Å². The molecule has 0 radical (unpaired) electrons. The summed E-state index contributed by atoms with van der Waals surface area (Å²) in [4.78, 5) is 31.9. The number of benzene rings is 2. The summed E-state index contributed by atoms with van der Waals surface area (Å²) in [5, 5.41) is 6.01. The predicted molar refractivity (Wildman–Crippen MR) is 129 cm³/mol. The SMILES string of the molecule is Cc1c(Cl)cccc1-n1c(SC(C)C(=O)NCc2cccs2)nc2ccccc2c1=O. The molecule has 1 amide bonds. The van der Waals surface area contributed by atoms with Crippen LogP contribution in [0.4, 0.5) is 0 Å². The number of amides is 1. The third-order valence-electron chi connectivity index (χ3n) is 4.89. The lowest BCUT2D eigenvalue weighted by Crippen LogP contribution is -2.31. The zero-order valence-corrected chi connectivity index (χ0v) is 19.4. The quantitative estimate of drug-likeness (QED) is 0.311. The number of aromatic nitrogens is 2. The number of rotatable bonds is 6. The van der Waals surface area contributed by atoms with Gasteiger partial charge < -0.3 is 5.32 Å². The van der Waals surface area contributed by atoms with Crippen LogP contribution >= 0.6 is 34.7 Å². The standard InChI is InChI=1S/C23H20ClN3O2S2/c1-14-18(24)9-5-11-20(14)27-22(29)17-8-3-4-10-19(17)26-23(27)31-15(2)21(28)25-13-16-7-6-12-30-16/h3-12,15H,13H2,1-2H3,(H,25,28). The van der Waals surface area contributed by atoms with Crippen LogP contribution in [-0.2, 0) is 11.3 Å². The predicted octanol–water partition coefficient (Wildman–Crippen LogP) is 5.21. The van der Waals surface area contributed by atoms with E-state index in [-0.39, 0.29) is 11.5 Å². The summed E-state index contributed by atoms with van der Waals surface area (Å²) in [6.07, 6.45) is 0. The van der Waals surface area contributed by atoms with Gasteiger partial charge in [-0.25, -0.2) is 4.98 Å². The van der Waals surface area contributed by atoms with Gasteiger partial charge in [0.05, 0.1) is 28.4 Å². The van der Waals surface area contributed by atoms with Crippen LogP contribution in [-0.4, -0.2) is 20.7 Å². The summed E-state index contributed by atoms with van der Waals surface area (Å²) in [5.74, 6) is -0.116. The highest BCUT2D eigenvalue weighted by Gasteiger charge is 2.21. The van der Waals surface area contributed by atoms with Crippen molar-refractivity contribution in [3.63, 3.8) is 0 Å². The van der Waals surface area contributed by atoms with E-state index >= 15 is 0 Å². The van der Waals surface area contributed by atoms with Crippen LogP contribution < -0.4 is 10.9 Å². The Hall–Kier alpha value is -2.61. The Bertz CT molecular complexity index is 1300. The summed E-state index contributed by atoms with van der Waals surface area (Å²) in [5.41, 5.74) is 1.84. The monoisotopic (exact) mass is 469 g/mol. The van der Waals surface area contributed by atoms with E-state index in [0.717, 1.165) is 10.4 Å². The minimum Gasteiger partial charge on any atom is -0.350 e.